The summed E-state index contributed by atoms with van der Waals surface area (Å²) in [5.74, 6) is 0.374. The maximum atomic E-state index is 11.5. The van der Waals surface area contributed by atoms with Crippen LogP contribution in [-0.4, -0.2) is 5.78 Å². The van der Waals surface area contributed by atoms with Gasteiger partial charge < -0.3 is 5.73 Å². The van der Waals surface area contributed by atoms with E-state index in [0.717, 1.165) is 17.5 Å². The minimum absolute atomic E-state index is 0.141. The lowest BCUT2D eigenvalue weighted by Crippen LogP contribution is -2.03. The van der Waals surface area contributed by atoms with Crippen LogP contribution in [0.4, 0.5) is 5.69 Å². The molecule has 2 N–H and O–H groups in total. The summed E-state index contributed by atoms with van der Waals surface area (Å²) in [7, 11) is 0. The van der Waals surface area contributed by atoms with Crippen LogP contribution in [0.3, 0.4) is 0 Å². The van der Waals surface area contributed by atoms with Gasteiger partial charge in [0.2, 0.25) is 0 Å². The lowest BCUT2D eigenvalue weighted by molar-refractivity contribution is 0.0946. The smallest absolute Gasteiger partial charge is 0.166 e. The number of ketones is 1. The Bertz CT molecular complexity index is 344. The first-order chi connectivity index (χ1) is 5.68. The molecule has 2 rings (SSSR count). The zero-order valence-corrected chi connectivity index (χ0v) is 7.00. The molecule has 0 aromatic heterocycles. The third kappa shape index (κ3) is 0.916. The highest BCUT2D eigenvalue weighted by molar-refractivity contribution is 6.02. The second kappa shape index (κ2) is 2.34. The van der Waals surface area contributed by atoms with E-state index in [1.165, 1.54) is 0 Å². The topological polar surface area (TPSA) is 43.1 Å². The molecule has 1 aromatic rings. The number of anilines is 1. The number of Topliss-reactive ketones (excluding diaryl/α,β-unsaturated/α-hetero) is 1. The Morgan fingerprint density at radius 1 is 1.50 bits per heavy atom. The average molecular weight is 161 g/mol. The van der Waals surface area contributed by atoms with Gasteiger partial charge in [-0.25, -0.2) is 0 Å². The van der Waals surface area contributed by atoms with Gasteiger partial charge in [-0.15, -0.1) is 0 Å². The van der Waals surface area contributed by atoms with Gasteiger partial charge in [0.25, 0.3) is 0 Å². The summed E-state index contributed by atoms with van der Waals surface area (Å²) in [5, 5.41) is 0. The van der Waals surface area contributed by atoms with Crippen molar-refractivity contribution in [3.63, 3.8) is 0 Å². The fourth-order valence-corrected chi connectivity index (χ4v) is 1.69. The van der Waals surface area contributed by atoms with E-state index >= 15 is 0 Å². The van der Waals surface area contributed by atoms with Crippen molar-refractivity contribution in [2.75, 3.05) is 5.73 Å². The molecule has 1 aliphatic carbocycles. The molecule has 0 amide bonds. The highest BCUT2D eigenvalue weighted by Gasteiger charge is 2.26. The van der Waals surface area contributed by atoms with E-state index in [-0.39, 0.29) is 11.7 Å². The van der Waals surface area contributed by atoms with Crippen molar-refractivity contribution >= 4 is 11.5 Å². The standard InChI is InChI=1S/C10H11NO/c1-6-4-7-2-3-8(11)5-9(7)10(6)12/h2-3,5-6H,4,11H2,1H3/t6-/m0/s1. The lowest BCUT2D eigenvalue weighted by Gasteiger charge is -1.97. The molecule has 1 atom stereocenters. The van der Waals surface area contributed by atoms with Crippen LogP contribution in [0.5, 0.6) is 0 Å². The molecule has 0 aliphatic heterocycles. The van der Waals surface area contributed by atoms with Crippen LogP contribution in [0, 0.1) is 5.92 Å². The van der Waals surface area contributed by atoms with Crippen molar-refractivity contribution < 1.29 is 4.79 Å². The van der Waals surface area contributed by atoms with Gasteiger partial charge >= 0.3 is 0 Å². The molecule has 12 heavy (non-hydrogen) atoms. The molecule has 0 bridgehead atoms. The predicted octanol–water partition coefficient (Wildman–Crippen LogP) is 1.64. The Kier molecular flexibility index (Phi) is 1.43. The van der Waals surface area contributed by atoms with Crippen LogP contribution >= 0.6 is 0 Å². The minimum atomic E-state index is 0.141. The summed E-state index contributed by atoms with van der Waals surface area (Å²) in [6.07, 6.45) is 0.869. The van der Waals surface area contributed by atoms with Crippen molar-refractivity contribution in [3.8, 4) is 0 Å². The molecule has 2 nitrogen and oxygen atoms in total. The van der Waals surface area contributed by atoms with Gasteiger partial charge in [-0.1, -0.05) is 13.0 Å². The van der Waals surface area contributed by atoms with Crippen molar-refractivity contribution in [2.45, 2.75) is 13.3 Å². The van der Waals surface area contributed by atoms with Crippen LogP contribution in [-0.2, 0) is 6.42 Å². The molecule has 62 valence electrons. The van der Waals surface area contributed by atoms with Gasteiger partial charge in [0.15, 0.2) is 5.78 Å². The van der Waals surface area contributed by atoms with E-state index in [2.05, 4.69) is 0 Å². The fraction of sp³-hybridized carbons (Fsp3) is 0.300. The normalized spacial score (nSPS) is 21.1. The largest absolute Gasteiger partial charge is 0.399 e. The Morgan fingerprint density at radius 2 is 2.25 bits per heavy atom. The second-order valence-corrected chi connectivity index (χ2v) is 3.39. The lowest BCUT2D eigenvalue weighted by atomic mass is 10.1. The molecule has 0 heterocycles. The van der Waals surface area contributed by atoms with Crippen molar-refractivity contribution in [2.24, 2.45) is 5.92 Å². The fourth-order valence-electron chi connectivity index (χ4n) is 1.69. The first kappa shape index (κ1) is 7.35. The van der Waals surface area contributed by atoms with Crippen molar-refractivity contribution in [1.82, 2.24) is 0 Å². The molecular weight excluding hydrogens is 150 g/mol. The van der Waals surface area contributed by atoms with Crippen LogP contribution < -0.4 is 5.73 Å². The third-order valence-corrected chi connectivity index (χ3v) is 2.37. The number of rotatable bonds is 0. The molecule has 1 aromatic carbocycles. The van der Waals surface area contributed by atoms with Crippen LogP contribution in [0.25, 0.3) is 0 Å². The summed E-state index contributed by atoms with van der Waals surface area (Å²) >= 11 is 0. The highest BCUT2D eigenvalue weighted by atomic mass is 16.1. The molecule has 0 radical (unpaired) electrons. The number of nitrogen functional groups attached to an aromatic ring is 1. The van der Waals surface area contributed by atoms with Crippen molar-refractivity contribution in [1.29, 1.82) is 0 Å². The Balaban J connectivity index is 2.56. The number of carbonyl (C=O) groups excluding carboxylic acids is 1. The number of hydrogen-bond acceptors (Lipinski definition) is 2. The SMILES string of the molecule is C[C@H]1Cc2ccc(N)cc2C1=O. The molecule has 0 fully saturated rings. The molecule has 0 saturated carbocycles. The van der Waals surface area contributed by atoms with E-state index < -0.39 is 0 Å². The van der Waals surface area contributed by atoms with Crippen LogP contribution in [0.15, 0.2) is 18.2 Å². The summed E-state index contributed by atoms with van der Waals surface area (Å²) in [5.41, 5.74) is 8.23. The van der Waals surface area contributed by atoms with Gasteiger partial charge in [-0.3, -0.25) is 4.79 Å². The molecule has 0 spiro atoms. The highest BCUT2D eigenvalue weighted by Crippen LogP contribution is 2.27. The quantitative estimate of drug-likeness (QED) is 0.588. The van der Waals surface area contributed by atoms with Gasteiger partial charge in [0.1, 0.15) is 0 Å². The third-order valence-electron chi connectivity index (χ3n) is 2.37. The second-order valence-electron chi connectivity index (χ2n) is 3.39. The summed E-state index contributed by atoms with van der Waals surface area (Å²) < 4.78 is 0. The van der Waals surface area contributed by atoms with E-state index in [0.29, 0.717) is 5.69 Å². The number of benzene rings is 1. The number of carbonyl (C=O) groups is 1. The molecule has 0 unspecified atom stereocenters. The maximum Gasteiger partial charge on any atom is 0.166 e. The first-order valence-corrected chi connectivity index (χ1v) is 4.11. The summed E-state index contributed by atoms with van der Waals surface area (Å²) in [6, 6.07) is 5.58. The Labute approximate surface area is 71.4 Å². The minimum Gasteiger partial charge on any atom is -0.399 e. The molecule has 1 aliphatic rings. The number of nitrogens with two attached hydrogens (primary N) is 1. The van der Waals surface area contributed by atoms with Gasteiger partial charge in [-0.2, -0.15) is 0 Å². The van der Waals surface area contributed by atoms with Crippen LogP contribution in [0.2, 0.25) is 0 Å². The summed E-state index contributed by atoms with van der Waals surface area (Å²) in [6.45, 7) is 1.96. The maximum absolute atomic E-state index is 11.5. The van der Waals surface area contributed by atoms with Gasteiger partial charge in [0, 0.05) is 17.2 Å². The van der Waals surface area contributed by atoms with Gasteiger partial charge in [0.05, 0.1) is 0 Å². The monoisotopic (exact) mass is 161 g/mol. The van der Waals surface area contributed by atoms with E-state index in [1.807, 2.05) is 19.1 Å². The molecule has 0 saturated heterocycles. The van der Waals surface area contributed by atoms with Crippen molar-refractivity contribution in [3.05, 3.63) is 29.3 Å². The number of fused-ring (bicyclic) bond motifs is 1. The molecule has 2 heteroatoms. The zero-order chi connectivity index (χ0) is 8.72. The molecular formula is C10H11NO. The first-order valence-electron chi connectivity index (χ1n) is 4.11. The Morgan fingerprint density at radius 3 is 3.00 bits per heavy atom. The van der Waals surface area contributed by atoms with E-state index in [4.69, 9.17) is 5.73 Å². The van der Waals surface area contributed by atoms with E-state index in [9.17, 15) is 4.79 Å². The zero-order valence-electron chi connectivity index (χ0n) is 7.00. The summed E-state index contributed by atoms with van der Waals surface area (Å²) in [4.78, 5) is 11.5. The average Bonchev–Trinajstić information content (AvgIpc) is 2.31. The predicted molar refractivity (Wildman–Crippen MR) is 48.1 cm³/mol. The van der Waals surface area contributed by atoms with E-state index in [1.54, 1.807) is 6.07 Å². The Hall–Kier alpha value is -1.31. The number of hydrogen-bond donors (Lipinski definition) is 1. The van der Waals surface area contributed by atoms with Gasteiger partial charge in [-0.05, 0) is 24.1 Å². The van der Waals surface area contributed by atoms with Crippen LogP contribution in [0.1, 0.15) is 22.8 Å².